The van der Waals surface area contributed by atoms with Gasteiger partial charge in [-0.25, -0.2) is 4.79 Å². The highest BCUT2D eigenvalue weighted by atomic mass is 16.5. The number of aliphatic carboxylic acids is 2. The summed E-state index contributed by atoms with van der Waals surface area (Å²) in [6.45, 7) is 0. The van der Waals surface area contributed by atoms with Crippen LogP contribution in [-0.2, 0) is 16.0 Å². The van der Waals surface area contributed by atoms with Gasteiger partial charge in [-0.3, -0.25) is 4.79 Å². The number of benzene rings is 2. The molecule has 0 saturated heterocycles. The highest BCUT2D eigenvalue weighted by molar-refractivity contribution is 5.86. The van der Waals surface area contributed by atoms with Gasteiger partial charge in [-0.05, 0) is 36.4 Å². The van der Waals surface area contributed by atoms with Gasteiger partial charge in [0.2, 0.25) is 5.75 Å². The van der Waals surface area contributed by atoms with E-state index in [0.717, 1.165) is 6.08 Å². The average molecular weight is 434 g/mol. The van der Waals surface area contributed by atoms with Crippen molar-refractivity contribution in [3.05, 3.63) is 47.5 Å². The molecule has 0 unspecified atom stereocenters. The minimum atomic E-state index is -1.03. The zero-order valence-corrected chi connectivity index (χ0v) is 18.0. The van der Waals surface area contributed by atoms with Gasteiger partial charge < -0.3 is 33.9 Å². The molecule has 0 aliphatic heterocycles. The molecule has 0 aliphatic rings. The lowest BCUT2D eigenvalue weighted by atomic mass is 10.1. The molecule has 0 bridgehead atoms. The number of ether oxygens (including phenoxy) is 5. The summed E-state index contributed by atoms with van der Waals surface area (Å²) < 4.78 is 25.5. The van der Waals surface area contributed by atoms with E-state index in [0.29, 0.717) is 39.9 Å². The minimum Gasteiger partial charge on any atom is -0.497 e. The first-order valence-corrected chi connectivity index (χ1v) is 8.93. The summed E-state index contributed by atoms with van der Waals surface area (Å²) >= 11 is 0. The van der Waals surface area contributed by atoms with Crippen LogP contribution in [-0.4, -0.2) is 57.7 Å². The summed E-state index contributed by atoms with van der Waals surface area (Å²) in [4.78, 5) is 21.0. The molecule has 2 N–H and O–H groups in total. The largest absolute Gasteiger partial charge is 0.497 e. The topological polar surface area (TPSA) is 121 Å². The Balaban J connectivity index is 0.000000316. The minimum absolute atomic E-state index is 0.0691. The number of rotatable bonds is 9. The zero-order valence-electron chi connectivity index (χ0n) is 18.0. The highest BCUT2D eigenvalue weighted by Gasteiger charge is 2.14. The monoisotopic (exact) mass is 434 g/mol. The van der Waals surface area contributed by atoms with E-state index >= 15 is 0 Å². The second kappa shape index (κ2) is 12.6. The molecule has 9 heteroatoms. The van der Waals surface area contributed by atoms with E-state index in [1.54, 1.807) is 30.3 Å². The SMILES string of the molecule is COc1ccc(/C=C/C(=O)O)c(OC)c1OC.COc1ccc(OC)c(CC(=O)O)c1. The van der Waals surface area contributed by atoms with Gasteiger partial charge in [0.25, 0.3) is 0 Å². The molecule has 9 nitrogen and oxygen atoms in total. The summed E-state index contributed by atoms with van der Waals surface area (Å²) in [5.41, 5.74) is 1.21. The van der Waals surface area contributed by atoms with Crippen LogP contribution < -0.4 is 23.7 Å². The van der Waals surface area contributed by atoms with Crippen LogP contribution in [0.4, 0.5) is 0 Å². The molecule has 0 saturated carbocycles. The molecule has 168 valence electrons. The Labute approximate surface area is 180 Å². The van der Waals surface area contributed by atoms with Gasteiger partial charge in [0, 0.05) is 17.2 Å². The van der Waals surface area contributed by atoms with E-state index in [4.69, 9.17) is 33.9 Å². The average Bonchev–Trinajstić information content (AvgIpc) is 2.76. The molecular weight excluding hydrogens is 408 g/mol. The molecule has 0 fully saturated rings. The molecule has 0 radical (unpaired) electrons. The first kappa shape index (κ1) is 25.2. The number of hydrogen-bond donors (Lipinski definition) is 2. The normalized spacial score (nSPS) is 9.97. The summed E-state index contributed by atoms with van der Waals surface area (Å²) in [6.07, 6.45) is 2.40. The van der Waals surface area contributed by atoms with Crippen molar-refractivity contribution >= 4 is 18.0 Å². The van der Waals surface area contributed by atoms with Crippen molar-refractivity contribution in [1.82, 2.24) is 0 Å². The van der Waals surface area contributed by atoms with Crippen LogP contribution >= 0.6 is 0 Å². The quantitative estimate of drug-likeness (QED) is 0.573. The lowest BCUT2D eigenvalue weighted by Gasteiger charge is -2.13. The molecule has 2 aromatic rings. The molecular formula is C22H26O9. The van der Waals surface area contributed by atoms with Crippen LogP contribution in [0.15, 0.2) is 36.4 Å². The van der Waals surface area contributed by atoms with Crippen molar-refractivity contribution in [2.24, 2.45) is 0 Å². The summed E-state index contributed by atoms with van der Waals surface area (Å²) in [6, 6.07) is 8.46. The van der Waals surface area contributed by atoms with Gasteiger partial charge in [-0.1, -0.05) is 0 Å². The van der Waals surface area contributed by atoms with Gasteiger partial charge in [0.1, 0.15) is 11.5 Å². The summed E-state index contributed by atoms with van der Waals surface area (Å²) in [7, 11) is 7.53. The Hall–Kier alpha value is -3.88. The van der Waals surface area contributed by atoms with Crippen LogP contribution in [0.1, 0.15) is 11.1 Å². The second-order valence-electron chi connectivity index (χ2n) is 5.84. The van der Waals surface area contributed by atoms with E-state index in [1.165, 1.54) is 41.6 Å². The summed E-state index contributed by atoms with van der Waals surface area (Å²) in [5, 5.41) is 17.2. The Morgan fingerprint density at radius 2 is 1.42 bits per heavy atom. The fraction of sp³-hybridized carbons (Fsp3) is 0.273. The van der Waals surface area contributed by atoms with E-state index in [1.807, 2.05) is 0 Å². The Bertz CT molecular complexity index is 919. The fourth-order valence-corrected chi connectivity index (χ4v) is 2.60. The van der Waals surface area contributed by atoms with Crippen molar-refractivity contribution in [2.75, 3.05) is 35.5 Å². The van der Waals surface area contributed by atoms with E-state index < -0.39 is 11.9 Å². The van der Waals surface area contributed by atoms with E-state index in [2.05, 4.69) is 0 Å². The van der Waals surface area contributed by atoms with Crippen LogP contribution in [0.5, 0.6) is 28.7 Å². The van der Waals surface area contributed by atoms with Gasteiger partial charge in [-0.2, -0.15) is 0 Å². The van der Waals surface area contributed by atoms with Crippen LogP contribution in [0, 0.1) is 0 Å². The lowest BCUT2D eigenvalue weighted by molar-refractivity contribution is -0.136. The van der Waals surface area contributed by atoms with Crippen molar-refractivity contribution in [1.29, 1.82) is 0 Å². The standard InChI is InChI=1S/C12H14O5.C10H12O4/c1-15-9-6-4-8(5-7-10(13)14)11(16-2)12(9)17-3;1-13-8-3-4-9(14-2)7(5-8)6-10(11)12/h4-7H,1-3H3,(H,13,14);3-5H,6H2,1-2H3,(H,11,12)/b7-5+;. The maximum atomic E-state index is 10.5. The second-order valence-corrected chi connectivity index (χ2v) is 5.84. The lowest BCUT2D eigenvalue weighted by Crippen LogP contribution is -2.02. The van der Waals surface area contributed by atoms with Crippen LogP contribution in [0.3, 0.4) is 0 Å². The van der Waals surface area contributed by atoms with E-state index in [9.17, 15) is 9.59 Å². The van der Waals surface area contributed by atoms with Gasteiger partial charge in [0.05, 0.1) is 42.0 Å². The smallest absolute Gasteiger partial charge is 0.328 e. The van der Waals surface area contributed by atoms with Crippen LogP contribution in [0.25, 0.3) is 6.08 Å². The van der Waals surface area contributed by atoms with Crippen molar-refractivity contribution in [2.45, 2.75) is 6.42 Å². The number of methoxy groups -OCH3 is 5. The molecule has 0 heterocycles. The Morgan fingerprint density at radius 3 is 1.90 bits per heavy atom. The van der Waals surface area contributed by atoms with Gasteiger partial charge in [0.15, 0.2) is 11.5 Å². The van der Waals surface area contributed by atoms with Crippen molar-refractivity contribution < 1.29 is 43.5 Å². The molecule has 0 atom stereocenters. The predicted molar refractivity (Wildman–Crippen MR) is 114 cm³/mol. The first-order valence-electron chi connectivity index (χ1n) is 8.93. The molecule has 0 amide bonds. The molecule has 0 aromatic heterocycles. The Morgan fingerprint density at radius 1 is 0.806 bits per heavy atom. The number of carboxylic acids is 2. The first-order chi connectivity index (χ1) is 14.8. The molecule has 2 rings (SSSR count). The van der Waals surface area contributed by atoms with Crippen LogP contribution in [0.2, 0.25) is 0 Å². The van der Waals surface area contributed by atoms with Gasteiger partial charge in [-0.15, -0.1) is 0 Å². The van der Waals surface area contributed by atoms with Crippen molar-refractivity contribution in [3.63, 3.8) is 0 Å². The third kappa shape index (κ3) is 7.46. The number of carbonyl (C=O) groups is 2. The van der Waals surface area contributed by atoms with Gasteiger partial charge >= 0.3 is 11.9 Å². The number of carboxylic acid groups (broad SMARTS) is 2. The third-order valence-electron chi connectivity index (χ3n) is 3.97. The molecule has 31 heavy (non-hydrogen) atoms. The van der Waals surface area contributed by atoms with E-state index in [-0.39, 0.29) is 6.42 Å². The summed E-state index contributed by atoms with van der Waals surface area (Å²) in [5.74, 6) is 0.664. The predicted octanol–water partition coefficient (Wildman–Crippen LogP) is 3.14. The maximum absolute atomic E-state index is 10.5. The van der Waals surface area contributed by atoms with Crippen molar-refractivity contribution in [3.8, 4) is 28.7 Å². The molecule has 0 aliphatic carbocycles. The molecule has 0 spiro atoms. The number of hydrogen-bond acceptors (Lipinski definition) is 7. The Kier molecular flexibility index (Phi) is 10.3. The third-order valence-corrected chi connectivity index (χ3v) is 3.97. The zero-order chi connectivity index (χ0) is 23.4. The highest BCUT2D eigenvalue weighted by Crippen LogP contribution is 2.40. The maximum Gasteiger partial charge on any atom is 0.328 e. The fourth-order valence-electron chi connectivity index (χ4n) is 2.60. The molecule has 2 aromatic carbocycles.